The van der Waals surface area contributed by atoms with Gasteiger partial charge < -0.3 is 9.64 Å². The molecule has 0 saturated heterocycles. The summed E-state index contributed by atoms with van der Waals surface area (Å²) in [7, 11) is -3.42. The molecule has 0 amide bonds. The molecular weight excluding hydrogens is 336 g/mol. The molecule has 0 unspecified atom stereocenters. The highest BCUT2D eigenvalue weighted by Gasteiger charge is 2.25. The molecule has 1 aromatic rings. The molecule has 0 bridgehead atoms. The summed E-state index contributed by atoms with van der Waals surface area (Å²) in [6.45, 7) is 7.66. The molecule has 0 aliphatic carbocycles. The van der Waals surface area contributed by atoms with Crippen LogP contribution < -0.4 is 4.74 Å². The van der Waals surface area contributed by atoms with Gasteiger partial charge in [-0.2, -0.15) is 0 Å². The Morgan fingerprint density at radius 3 is 2.60 bits per heavy atom. The molecule has 25 heavy (non-hydrogen) atoms. The summed E-state index contributed by atoms with van der Waals surface area (Å²) >= 11 is 0. The molecule has 0 radical (unpaired) electrons. The lowest BCUT2D eigenvalue weighted by atomic mass is 9.98. The third-order valence-corrected chi connectivity index (χ3v) is 5.16. The molecule has 2 heterocycles. The average Bonchev–Trinajstić information content (AvgIpc) is 2.69. The van der Waals surface area contributed by atoms with E-state index < -0.39 is 10.0 Å². The Labute approximate surface area is 149 Å². The smallest absolute Gasteiger partial charge is 0.255 e. The van der Waals surface area contributed by atoms with Gasteiger partial charge in [-0.3, -0.25) is 0 Å². The van der Waals surface area contributed by atoms with Gasteiger partial charge >= 0.3 is 0 Å². The van der Waals surface area contributed by atoms with Gasteiger partial charge in [0.05, 0.1) is 12.4 Å². The Bertz CT molecular complexity index is 828. The van der Waals surface area contributed by atoms with Gasteiger partial charge in [0, 0.05) is 18.3 Å². The Morgan fingerprint density at radius 2 is 1.92 bits per heavy atom. The fourth-order valence-electron chi connectivity index (χ4n) is 2.68. The number of ether oxygens (including phenoxy) is 1. The normalized spacial score (nSPS) is 19.6. The molecule has 6 heteroatoms. The number of hydrogen-bond acceptors (Lipinski definition) is 4. The lowest BCUT2D eigenvalue weighted by Crippen LogP contribution is -2.28. The van der Waals surface area contributed by atoms with Crippen LogP contribution in [0.4, 0.5) is 0 Å². The van der Waals surface area contributed by atoms with Gasteiger partial charge in [0.25, 0.3) is 10.0 Å². The van der Waals surface area contributed by atoms with Crippen molar-refractivity contribution >= 4 is 21.4 Å². The minimum absolute atomic E-state index is 0.0910. The third-order valence-electron chi connectivity index (χ3n) is 3.91. The van der Waals surface area contributed by atoms with Gasteiger partial charge in [-0.25, -0.2) is 8.42 Å². The van der Waals surface area contributed by atoms with E-state index in [-0.39, 0.29) is 11.2 Å². The topological polar surface area (TPSA) is 59.0 Å². The SMILES string of the molecule is CC(C)(C)COc1ccc(C2=CC=CN3CCCS(=O)(=O)N=C23)cc1. The van der Waals surface area contributed by atoms with E-state index >= 15 is 0 Å². The van der Waals surface area contributed by atoms with Crippen molar-refractivity contribution < 1.29 is 13.2 Å². The number of nitrogens with zero attached hydrogens (tertiary/aromatic N) is 2. The Kier molecular flexibility index (Phi) is 4.73. The Balaban J connectivity index is 1.86. The maximum Gasteiger partial charge on any atom is 0.255 e. The number of allylic oxidation sites excluding steroid dienone is 2. The van der Waals surface area contributed by atoms with Crippen LogP contribution in [-0.2, 0) is 10.0 Å². The second-order valence-electron chi connectivity index (χ2n) is 7.54. The maximum absolute atomic E-state index is 12.1. The van der Waals surface area contributed by atoms with Crippen LogP contribution in [0.25, 0.3) is 5.57 Å². The van der Waals surface area contributed by atoms with Crippen LogP contribution in [0.15, 0.2) is 47.0 Å². The van der Waals surface area contributed by atoms with Crippen molar-refractivity contribution in [3.63, 3.8) is 0 Å². The summed E-state index contributed by atoms with van der Waals surface area (Å²) in [5.74, 6) is 1.40. The predicted molar refractivity (Wildman–Crippen MR) is 101 cm³/mol. The summed E-state index contributed by atoms with van der Waals surface area (Å²) in [5.41, 5.74) is 1.84. The van der Waals surface area contributed by atoms with Crippen LogP contribution in [0, 0.1) is 5.41 Å². The van der Waals surface area contributed by atoms with Crippen LogP contribution in [0.2, 0.25) is 0 Å². The lowest BCUT2D eigenvalue weighted by molar-refractivity contribution is 0.198. The second-order valence-corrected chi connectivity index (χ2v) is 9.30. The third kappa shape index (κ3) is 4.51. The summed E-state index contributed by atoms with van der Waals surface area (Å²) in [6, 6.07) is 7.72. The van der Waals surface area contributed by atoms with Crippen LogP contribution in [-0.4, -0.2) is 38.1 Å². The first-order valence-electron chi connectivity index (χ1n) is 8.45. The average molecular weight is 360 g/mol. The van der Waals surface area contributed by atoms with Crippen molar-refractivity contribution in [2.24, 2.45) is 9.81 Å². The number of benzene rings is 1. The standard InChI is InChI=1S/C19H24N2O3S/c1-19(2,3)14-24-16-9-7-15(8-10-16)17-6-4-11-21-12-5-13-25(22,23)20-18(17)21/h4,6-11H,5,12-14H2,1-3H3. The second kappa shape index (κ2) is 6.67. The molecule has 0 aromatic heterocycles. The quantitative estimate of drug-likeness (QED) is 0.828. The molecule has 2 aliphatic heterocycles. The number of hydrogen-bond donors (Lipinski definition) is 0. The van der Waals surface area contributed by atoms with E-state index in [2.05, 4.69) is 25.2 Å². The van der Waals surface area contributed by atoms with E-state index in [1.54, 1.807) is 0 Å². The molecule has 3 rings (SSSR count). The van der Waals surface area contributed by atoms with Gasteiger partial charge in [-0.15, -0.1) is 4.40 Å². The highest BCUT2D eigenvalue weighted by Crippen LogP contribution is 2.27. The Morgan fingerprint density at radius 1 is 1.20 bits per heavy atom. The van der Waals surface area contributed by atoms with Crippen molar-refractivity contribution in [3.8, 4) is 5.75 Å². The zero-order valence-corrected chi connectivity index (χ0v) is 15.7. The highest BCUT2D eigenvalue weighted by atomic mass is 32.2. The van der Waals surface area contributed by atoms with E-state index in [0.29, 0.717) is 25.4 Å². The summed E-state index contributed by atoms with van der Waals surface area (Å²) < 4.78 is 33.9. The van der Waals surface area contributed by atoms with Gasteiger partial charge in [-0.05, 0) is 41.7 Å². The monoisotopic (exact) mass is 360 g/mol. The van der Waals surface area contributed by atoms with E-state index in [1.807, 2.05) is 47.5 Å². The molecule has 5 nitrogen and oxygen atoms in total. The summed E-state index contributed by atoms with van der Waals surface area (Å²) in [5, 5.41) is 0. The number of fused-ring (bicyclic) bond motifs is 1. The first kappa shape index (κ1) is 17.7. The van der Waals surface area contributed by atoms with Crippen molar-refractivity contribution in [2.75, 3.05) is 18.9 Å². The predicted octanol–water partition coefficient (Wildman–Crippen LogP) is 3.46. The van der Waals surface area contributed by atoms with Crippen molar-refractivity contribution in [1.29, 1.82) is 0 Å². The van der Waals surface area contributed by atoms with Crippen molar-refractivity contribution in [2.45, 2.75) is 27.2 Å². The lowest BCUT2D eigenvalue weighted by Gasteiger charge is -2.25. The zero-order valence-electron chi connectivity index (χ0n) is 14.9. The molecule has 0 atom stereocenters. The highest BCUT2D eigenvalue weighted by molar-refractivity contribution is 7.90. The molecule has 1 aromatic carbocycles. The van der Waals surface area contributed by atoms with Crippen LogP contribution in [0.1, 0.15) is 32.8 Å². The van der Waals surface area contributed by atoms with Gasteiger partial charge in [-0.1, -0.05) is 32.9 Å². The van der Waals surface area contributed by atoms with Crippen molar-refractivity contribution in [1.82, 2.24) is 4.90 Å². The molecule has 0 saturated carbocycles. The fourth-order valence-corrected chi connectivity index (χ4v) is 3.73. The van der Waals surface area contributed by atoms with Gasteiger partial charge in [0.15, 0.2) is 5.84 Å². The van der Waals surface area contributed by atoms with Gasteiger partial charge in [0.1, 0.15) is 5.75 Å². The van der Waals surface area contributed by atoms with Crippen LogP contribution in [0.5, 0.6) is 5.75 Å². The first-order valence-corrected chi connectivity index (χ1v) is 10.1. The number of rotatable bonds is 3. The molecular formula is C19H24N2O3S. The van der Waals surface area contributed by atoms with E-state index in [1.165, 1.54) is 0 Å². The zero-order chi connectivity index (χ0) is 18.1. The van der Waals surface area contributed by atoms with Gasteiger partial charge in [0.2, 0.25) is 0 Å². The Hall–Kier alpha value is -2.08. The van der Waals surface area contributed by atoms with E-state index in [4.69, 9.17) is 4.74 Å². The first-order chi connectivity index (χ1) is 11.7. The van der Waals surface area contributed by atoms with Crippen LogP contribution >= 0.6 is 0 Å². The molecule has 0 spiro atoms. The van der Waals surface area contributed by atoms with E-state index in [0.717, 1.165) is 16.9 Å². The largest absolute Gasteiger partial charge is 0.493 e. The molecule has 0 fully saturated rings. The van der Waals surface area contributed by atoms with E-state index in [9.17, 15) is 8.42 Å². The summed E-state index contributed by atoms with van der Waals surface area (Å²) in [6.07, 6.45) is 6.29. The molecule has 134 valence electrons. The maximum atomic E-state index is 12.1. The minimum Gasteiger partial charge on any atom is -0.493 e. The number of sulfonamides is 1. The molecule has 0 N–H and O–H groups in total. The molecule has 2 aliphatic rings. The fraction of sp³-hybridized carbons (Fsp3) is 0.421. The minimum atomic E-state index is -3.42. The number of amidine groups is 1. The summed E-state index contributed by atoms with van der Waals surface area (Å²) in [4.78, 5) is 1.91. The van der Waals surface area contributed by atoms with Crippen LogP contribution in [0.3, 0.4) is 0 Å². The van der Waals surface area contributed by atoms with Crippen molar-refractivity contribution in [3.05, 3.63) is 48.2 Å².